The van der Waals surface area contributed by atoms with Crippen LogP contribution in [0.5, 0.6) is 0 Å². The Morgan fingerprint density at radius 3 is 2.56 bits per heavy atom. The molecule has 0 bridgehead atoms. The second kappa shape index (κ2) is 7.52. The molecule has 1 rings (SSSR count). The number of pyridine rings is 1. The summed E-state index contributed by atoms with van der Waals surface area (Å²) in [5, 5.41) is 3.59. The van der Waals surface area contributed by atoms with Gasteiger partial charge in [0, 0.05) is 12.2 Å². The number of nitrogens with zero attached hydrogens (tertiary/aromatic N) is 1. The lowest BCUT2D eigenvalue weighted by Crippen LogP contribution is -2.24. The van der Waals surface area contributed by atoms with E-state index in [-0.39, 0.29) is 0 Å². The molecule has 1 N–H and O–H groups in total. The van der Waals surface area contributed by atoms with Gasteiger partial charge in [0.25, 0.3) is 0 Å². The first-order valence-corrected chi connectivity index (χ1v) is 7.25. The molecule has 1 aromatic heterocycles. The maximum atomic E-state index is 4.65. The van der Waals surface area contributed by atoms with Crippen molar-refractivity contribution >= 4 is 0 Å². The smallest absolute Gasteiger partial charge is 0.0602 e. The minimum absolute atomic E-state index is 0.400. The van der Waals surface area contributed by atoms with Gasteiger partial charge in [0.05, 0.1) is 5.69 Å². The Labute approximate surface area is 112 Å². The average molecular weight is 248 g/mol. The molecule has 0 aliphatic carbocycles. The van der Waals surface area contributed by atoms with Gasteiger partial charge in [-0.3, -0.25) is 4.98 Å². The quantitative estimate of drug-likeness (QED) is 0.783. The summed E-state index contributed by atoms with van der Waals surface area (Å²) in [5.41, 5.74) is 3.78. The molecular weight excluding hydrogens is 220 g/mol. The van der Waals surface area contributed by atoms with Crippen LogP contribution in [0.3, 0.4) is 0 Å². The van der Waals surface area contributed by atoms with Crippen molar-refractivity contribution in [1.29, 1.82) is 0 Å². The summed E-state index contributed by atoms with van der Waals surface area (Å²) in [4.78, 5) is 4.65. The number of hydrogen-bond donors (Lipinski definition) is 1. The monoisotopic (exact) mass is 248 g/mol. The molecule has 102 valence electrons. The highest BCUT2D eigenvalue weighted by Gasteiger charge is 2.17. The molecule has 0 saturated carbocycles. The molecular formula is C16H28N2. The largest absolute Gasteiger partial charge is 0.309 e. The van der Waals surface area contributed by atoms with E-state index in [2.05, 4.69) is 51.0 Å². The molecule has 0 saturated heterocycles. The van der Waals surface area contributed by atoms with E-state index in [4.69, 9.17) is 0 Å². The maximum Gasteiger partial charge on any atom is 0.0602 e. The van der Waals surface area contributed by atoms with Gasteiger partial charge in [-0.15, -0.1) is 0 Å². The van der Waals surface area contributed by atoms with E-state index < -0.39 is 0 Å². The normalized spacial score (nSPS) is 14.5. The van der Waals surface area contributed by atoms with Crippen LogP contribution in [-0.4, -0.2) is 11.5 Å². The van der Waals surface area contributed by atoms with E-state index in [1.165, 1.54) is 36.1 Å². The fourth-order valence-corrected chi connectivity index (χ4v) is 2.64. The van der Waals surface area contributed by atoms with Crippen molar-refractivity contribution in [3.8, 4) is 0 Å². The minimum Gasteiger partial charge on any atom is -0.309 e. The van der Waals surface area contributed by atoms with Crippen molar-refractivity contribution in [3.05, 3.63) is 29.1 Å². The second-order valence-corrected chi connectivity index (χ2v) is 5.45. The standard InChI is InChI=1S/C16H28N2/c1-6-8-12(3)10-15(17-7-2)16-14(5)9-13(4)11-18-16/h9,11-12,15,17H,6-8,10H2,1-5H3. The highest BCUT2D eigenvalue weighted by Crippen LogP contribution is 2.25. The van der Waals surface area contributed by atoms with Crippen molar-refractivity contribution in [1.82, 2.24) is 10.3 Å². The Balaban J connectivity index is 2.82. The zero-order valence-electron chi connectivity index (χ0n) is 12.6. The van der Waals surface area contributed by atoms with Crippen LogP contribution in [-0.2, 0) is 0 Å². The zero-order valence-corrected chi connectivity index (χ0v) is 12.6. The molecule has 2 atom stereocenters. The summed E-state index contributed by atoms with van der Waals surface area (Å²) in [6, 6.07) is 2.63. The molecule has 0 aliphatic heterocycles. The lowest BCUT2D eigenvalue weighted by molar-refractivity contribution is 0.389. The van der Waals surface area contributed by atoms with Crippen LogP contribution in [0.2, 0.25) is 0 Å². The Morgan fingerprint density at radius 1 is 1.28 bits per heavy atom. The predicted molar refractivity (Wildman–Crippen MR) is 78.8 cm³/mol. The molecule has 0 aliphatic rings. The van der Waals surface area contributed by atoms with Crippen molar-refractivity contribution < 1.29 is 0 Å². The van der Waals surface area contributed by atoms with Gasteiger partial charge in [-0.2, -0.15) is 0 Å². The van der Waals surface area contributed by atoms with E-state index in [1.54, 1.807) is 0 Å². The van der Waals surface area contributed by atoms with Gasteiger partial charge in [0.1, 0.15) is 0 Å². The molecule has 2 nitrogen and oxygen atoms in total. The SMILES string of the molecule is CCCC(C)CC(NCC)c1ncc(C)cc1C. The van der Waals surface area contributed by atoms with Gasteiger partial charge in [0.15, 0.2) is 0 Å². The summed E-state index contributed by atoms with van der Waals surface area (Å²) in [5.74, 6) is 0.751. The molecule has 2 unspecified atom stereocenters. The van der Waals surface area contributed by atoms with Gasteiger partial charge in [0.2, 0.25) is 0 Å². The molecule has 2 heteroatoms. The molecule has 1 aromatic rings. The third kappa shape index (κ3) is 4.41. The van der Waals surface area contributed by atoms with E-state index in [0.717, 1.165) is 12.5 Å². The summed E-state index contributed by atoms with van der Waals surface area (Å²) in [6.45, 7) is 12.0. The summed E-state index contributed by atoms with van der Waals surface area (Å²) in [7, 11) is 0. The van der Waals surface area contributed by atoms with Crippen LogP contribution in [0.25, 0.3) is 0 Å². The number of hydrogen-bond acceptors (Lipinski definition) is 2. The van der Waals surface area contributed by atoms with Crippen LogP contribution in [0.15, 0.2) is 12.3 Å². The highest BCUT2D eigenvalue weighted by atomic mass is 14.9. The molecule has 0 aromatic carbocycles. The third-order valence-electron chi connectivity index (χ3n) is 3.46. The fourth-order valence-electron chi connectivity index (χ4n) is 2.64. The predicted octanol–water partition coefficient (Wildman–Crippen LogP) is 4.18. The average Bonchev–Trinajstić information content (AvgIpc) is 2.29. The second-order valence-electron chi connectivity index (χ2n) is 5.45. The number of aromatic nitrogens is 1. The molecule has 1 heterocycles. The summed E-state index contributed by atoms with van der Waals surface area (Å²) < 4.78 is 0. The molecule has 0 radical (unpaired) electrons. The topological polar surface area (TPSA) is 24.9 Å². The minimum atomic E-state index is 0.400. The molecule has 0 spiro atoms. The Kier molecular flexibility index (Phi) is 6.34. The first-order chi connectivity index (χ1) is 8.58. The first-order valence-electron chi connectivity index (χ1n) is 7.25. The van der Waals surface area contributed by atoms with E-state index in [1.807, 2.05) is 6.20 Å². The number of nitrogens with one attached hydrogen (secondary N) is 1. The first kappa shape index (κ1) is 15.2. The van der Waals surface area contributed by atoms with Crippen molar-refractivity contribution in [2.75, 3.05) is 6.54 Å². The van der Waals surface area contributed by atoms with Gasteiger partial charge in [-0.05, 0) is 43.9 Å². The number of aryl methyl sites for hydroxylation is 2. The molecule has 18 heavy (non-hydrogen) atoms. The van der Waals surface area contributed by atoms with Gasteiger partial charge in [-0.25, -0.2) is 0 Å². The summed E-state index contributed by atoms with van der Waals surface area (Å²) >= 11 is 0. The Bertz CT molecular complexity index is 360. The van der Waals surface area contributed by atoms with E-state index in [9.17, 15) is 0 Å². The van der Waals surface area contributed by atoms with Gasteiger partial charge in [-0.1, -0.05) is 39.7 Å². The highest BCUT2D eigenvalue weighted by molar-refractivity contribution is 5.25. The van der Waals surface area contributed by atoms with Gasteiger partial charge >= 0.3 is 0 Å². The molecule has 0 amide bonds. The molecule has 0 fully saturated rings. The van der Waals surface area contributed by atoms with E-state index >= 15 is 0 Å². The van der Waals surface area contributed by atoms with Crippen LogP contribution in [0.4, 0.5) is 0 Å². The zero-order chi connectivity index (χ0) is 13.5. The fraction of sp³-hybridized carbons (Fsp3) is 0.688. The van der Waals surface area contributed by atoms with Crippen LogP contribution in [0, 0.1) is 19.8 Å². The van der Waals surface area contributed by atoms with Crippen LogP contribution in [0.1, 0.15) is 62.9 Å². The maximum absolute atomic E-state index is 4.65. The van der Waals surface area contributed by atoms with Crippen LogP contribution >= 0.6 is 0 Å². The van der Waals surface area contributed by atoms with Crippen LogP contribution < -0.4 is 5.32 Å². The Hall–Kier alpha value is -0.890. The van der Waals surface area contributed by atoms with Gasteiger partial charge < -0.3 is 5.32 Å². The summed E-state index contributed by atoms with van der Waals surface area (Å²) in [6.07, 6.45) is 5.73. The van der Waals surface area contributed by atoms with E-state index in [0.29, 0.717) is 6.04 Å². The lowest BCUT2D eigenvalue weighted by atomic mass is 9.93. The number of rotatable bonds is 7. The third-order valence-corrected chi connectivity index (χ3v) is 3.46. The van der Waals surface area contributed by atoms with Crippen molar-refractivity contribution in [3.63, 3.8) is 0 Å². The van der Waals surface area contributed by atoms with Crippen molar-refractivity contribution in [2.24, 2.45) is 5.92 Å². The Morgan fingerprint density at radius 2 is 2.00 bits per heavy atom. The lowest BCUT2D eigenvalue weighted by Gasteiger charge is -2.23. The van der Waals surface area contributed by atoms with Crippen molar-refractivity contribution in [2.45, 2.75) is 59.9 Å².